The summed E-state index contributed by atoms with van der Waals surface area (Å²) in [7, 11) is -8.51. The van der Waals surface area contributed by atoms with Crippen LogP contribution in [0.4, 0.5) is 0 Å². The molecule has 0 aliphatic carbocycles. The first-order valence-corrected chi connectivity index (χ1v) is 11.5. The maximum absolute atomic E-state index is 10.7. The molecule has 25 heavy (non-hydrogen) atoms. The summed E-state index contributed by atoms with van der Waals surface area (Å²) in [5, 5.41) is 0. The van der Waals surface area contributed by atoms with Gasteiger partial charge in [-0.2, -0.15) is 0 Å². The van der Waals surface area contributed by atoms with Crippen LogP contribution in [0.15, 0.2) is 0 Å². The Labute approximate surface area is 176 Å². The Kier molecular flexibility index (Phi) is 19.3. The van der Waals surface area contributed by atoms with E-state index < -0.39 is 26.6 Å². The minimum Gasteiger partial charge on any atom is -0.748 e. The van der Waals surface area contributed by atoms with Gasteiger partial charge in [-0.3, -0.25) is 4.18 Å². The summed E-state index contributed by atoms with van der Waals surface area (Å²) in [6, 6.07) is 0. The number of hydrogen-bond donors (Lipinski definition) is 0. The van der Waals surface area contributed by atoms with Crippen LogP contribution >= 0.6 is 0 Å². The third-order valence-corrected chi connectivity index (χ3v) is 3.94. The first-order chi connectivity index (χ1) is 10.8. The van der Waals surface area contributed by atoms with Crippen LogP contribution in [-0.2, 0) is 24.7 Å². The van der Waals surface area contributed by atoms with Gasteiger partial charge in [0.15, 0.2) is 0 Å². The van der Waals surface area contributed by atoms with Crippen molar-refractivity contribution >= 4 is 20.5 Å². The van der Waals surface area contributed by atoms with Gasteiger partial charge in [0.05, 0.1) is 16.2 Å². The van der Waals surface area contributed by atoms with Gasteiger partial charge in [-0.05, 0) is 31.1 Å². The summed E-state index contributed by atoms with van der Waals surface area (Å²) in [5.74, 6) is 0.926. The predicted octanol–water partition coefficient (Wildman–Crippen LogP) is 0.0399. The maximum Gasteiger partial charge on any atom is 1.00 e. The molecule has 0 rings (SSSR count). The zero-order valence-corrected chi connectivity index (χ0v) is 20.0. The zero-order valence-electron chi connectivity index (χ0n) is 16.4. The quantitative estimate of drug-likeness (QED) is 0.267. The molecule has 0 N–H and O–H groups in total. The van der Waals surface area contributed by atoms with Gasteiger partial charge in [0.1, 0.15) is 0 Å². The Morgan fingerprint density at radius 2 is 1.44 bits per heavy atom. The first kappa shape index (κ1) is 30.5. The molecule has 0 fully saturated rings. The zero-order chi connectivity index (χ0) is 19.4. The van der Waals surface area contributed by atoms with Crippen molar-refractivity contribution in [2.75, 3.05) is 6.26 Å². The largest absolute Gasteiger partial charge is 1.00 e. The smallest absolute Gasteiger partial charge is 0.748 e. The van der Waals surface area contributed by atoms with Crippen LogP contribution in [0, 0.1) is 11.8 Å². The Morgan fingerprint density at radius 3 is 1.76 bits per heavy atom. The van der Waals surface area contributed by atoms with Crippen molar-refractivity contribution in [2.45, 2.75) is 78.7 Å². The summed E-state index contributed by atoms with van der Waals surface area (Å²) in [5.41, 5.74) is 0. The average molecular weight is 412 g/mol. The number of hydrogen-bond acceptors (Lipinski definition) is 7. The fourth-order valence-corrected chi connectivity index (χ4v) is 2.87. The third kappa shape index (κ3) is 29.8. The van der Waals surface area contributed by atoms with Crippen LogP contribution in [-0.4, -0.2) is 38.3 Å². The molecule has 0 aliphatic rings. The molecule has 0 bridgehead atoms. The summed E-state index contributed by atoms with van der Waals surface area (Å²) in [6.07, 6.45) is 7.00. The van der Waals surface area contributed by atoms with Crippen molar-refractivity contribution in [3.05, 3.63) is 0 Å². The van der Waals surface area contributed by atoms with Crippen molar-refractivity contribution in [2.24, 2.45) is 11.8 Å². The van der Waals surface area contributed by atoms with Gasteiger partial charge < -0.3 is 9.11 Å². The second-order valence-corrected chi connectivity index (χ2v) is 8.87. The molecule has 0 amide bonds. The van der Waals surface area contributed by atoms with E-state index in [9.17, 15) is 13.0 Å². The minimum atomic E-state index is -4.59. The number of unbranched alkanes of at least 4 members (excludes halogenated alkanes) is 1. The molecule has 0 spiro atoms. The number of rotatable bonds is 11. The molecule has 0 aliphatic heterocycles. The second kappa shape index (κ2) is 15.8. The maximum atomic E-state index is 10.7. The first-order valence-electron chi connectivity index (χ1n) is 8.33. The van der Waals surface area contributed by atoms with Crippen LogP contribution in [0.5, 0.6) is 0 Å². The van der Waals surface area contributed by atoms with Gasteiger partial charge in [0.25, 0.3) is 0 Å². The van der Waals surface area contributed by atoms with Crippen molar-refractivity contribution in [1.29, 1.82) is 0 Å². The van der Waals surface area contributed by atoms with Crippen LogP contribution < -0.4 is 29.6 Å². The fraction of sp³-hybridized carbons (Fsp3) is 1.00. The summed E-state index contributed by atoms with van der Waals surface area (Å²) in [4.78, 5) is 0. The van der Waals surface area contributed by atoms with Gasteiger partial charge >= 0.3 is 29.6 Å². The van der Waals surface area contributed by atoms with Crippen LogP contribution in [0.2, 0.25) is 0 Å². The van der Waals surface area contributed by atoms with E-state index in [2.05, 4.69) is 18.0 Å². The summed E-state index contributed by atoms with van der Waals surface area (Å²) >= 11 is 0. The molecule has 0 aromatic rings. The molecule has 0 aromatic carbocycles. The van der Waals surface area contributed by atoms with Crippen molar-refractivity contribution in [1.82, 2.24) is 0 Å². The van der Waals surface area contributed by atoms with E-state index in [0.29, 0.717) is 30.9 Å². The standard InChI is InChI=1S/C14H30O4S.CH4O3S.Na/c1-5-7-8-13(6-2)9-10-14(11-12(3)4)18-19(15,16)17;1-5(2,3)4;/h12-14H,5-11H2,1-4H3,(H,15,16,17);1H3,(H,2,3,4);/q;;+1/p-2. The van der Waals surface area contributed by atoms with E-state index in [4.69, 9.17) is 13.0 Å². The average Bonchev–Trinajstić information content (AvgIpc) is 2.34. The van der Waals surface area contributed by atoms with Crippen LogP contribution in [0.25, 0.3) is 0 Å². The molecule has 0 saturated heterocycles. The molecule has 148 valence electrons. The Bertz CT molecular complexity index is 496. The molecule has 0 heterocycles. The second-order valence-electron chi connectivity index (χ2n) is 6.45. The third-order valence-electron chi connectivity index (χ3n) is 3.43. The summed E-state index contributed by atoms with van der Waals surface area (Å²) in [6.45, 7) is 8.33. The van der Waals surface area contributed by atoms with Gasteiger partial charge in [0.2, 0.25) is 10.4 Å². The Hall–Kier alpha value is 0.780. The van der Waals surface area contributed by atoms with E-state index in [1.165, 1.54) is 19.3 Å². The van der Waals surface area contributed by atoms with Crippen molar-refractivity contribution < 1.29 is 59.7 Å². The normalized spacial score (nSPS) is 14.2. The molecule has 7 nitrogen and oxygen atoms in total. The van der Waals surface area contributed by atoms with Crippen molar-refractivity contribution in [3.63, 3.8) is 0 Å². The molecule has 0 radical (unpaired) electrons. The van der Waals surface area contributed by atoms with E-state index in [-0.39, 0.29) is 29.6 Å². The molecule has 0 aromatic heterocycles. The predicted molar refractivity (Wildman–Crippen MR) is 92.2 cm³/mol. The molecule has 2 atom stereocenters. The molecule has 2 unspecified atom stereocenters. The monoisotopic (exact) mass is 411 g/mol. The Morgan fingerprint density at radius 1 is 0.960 bits per heavy atom. The molecular weight excluding hydrogens is 379 g/mol. The van der Waals surface area contributed by atoms with Gasteiger partial charge in [-0.1, -0.05) is 53.4 Å². The van der Waals surface area contributed by atoms with E-state index in [1.807, 2.05) is 13.8 Å². The fourth-order valence-electron chi connectivity index (χ4n) is 2.36. The molecule has 0 saturated carbocycles. The summed E-state index contributed by atoms with van der Waals surface area (Å²) < 4.78 is 64.1. The van der Waals surface area contributed by atoms with E-state index in [1.54, 1.807) is 0 Å². The minimum absolute atomic E-state index is 0. The van der Waals surface area contributed by atoms with E-state index in [0.717, 1.165) is 12.8 Å². The van der Waals surface area contributed by atoms with Gasteiger partial charge in [0, 0.05) is 6.26 Å². The van der Waals surface area contributed by atoms with Crippen molar-refractivity contribution in [3.8, 4) is 0 Å². The van der Waals surface area contributed by atoms with E-state index >= 15 is 0 Å². The van der Waals surface area contributed by atoms with Gasteiger partial charge in [-0.15, -0.1) is 0 Å². The molecule has 10 heteroatoms. The Balaban J connectivity index is -0.000000704. The van der Waals surface area contributed by atoms with Crippen LogP contribution in [0.3, 0.4) is 0 Å². The topological polar surface area (TPSA) is 124 Å². The molecular formula is C15H32NaO7S2-. The SMILES string of the molecule is CCCCC(CC)CCC(CC(C)C)OS(=O)(=O)[O-].CS(=O)(=O)[O-].[Na+]. The van der Waals surface area contributed by atoms with Gasteiger partial charge in [-0.25, -0.2) is 16.8 Å². The van der Waals surface area contributed by atoms with Crippen LogP contribution in [0.1, 0.15) is 72.6 Å².